The van der Waals surface area contributed by atoms with E-state index in [0.29, 0.717) is 6.04 Å². The van der Waals surface area contributed by atoms with E-state index in [2.05, 4.69) is 114 Å². The molecule has 0 bridgehead atoms. The fourth-order valence-corrected chi connectivity index (χ4v) is 4.85. The summed E-state index contributed by atoms with van der Waals surface area (Å²) in [5.41, 5.74) is 5.79. The summed E-state index contributed by atoms with van der Waals surface area (Å²) in [5, 5.41) is 0. The Balaban J connectivity index is 1.68. The van der Waals surface area contributed by atoms with E-state index in [1.54, 1.807) is 0 Å². The molecule has 152 valence electrons. The highest BCUT2D eigenvalue weighted by molar-refractivity contribution is 5.83. The normalized spacial score (nSPS) is 16.0. The second-order valence-corrected chi connectivity index (χ2v) is 8.30. The van der Waals surface area contributed by atoms with Crippen LogP contribution in [0.5, 0.6) is 0 Å². The number of para-hydroxylation sites is 4. The molecular weight excluding hydrogens is 370 g/mol. The van der Waals surface area contributed by atoms with E-state index in [-0.39, 0.29) is 6.17 Å². The zero-order valence-electron chi connectivity index (χ0n) is 18.2. The molecule has 0 spiro atoms. The molecule has 5 rings (SSSR count). The van der Waals surface area contributed by atoms with Crippen LogP contribution in [-0.4, -0.2) is 21.8 Å². The van der Waals surface area contributed by atoms with Crippen molar-refractivity contribution in [3.8, 4) is 11.5 Å². The van der Waals surface area contributed by atoms with Crippen molar-refractivity contribution < 1.29 is 4.57 Å². The Labute approximate surface area is 177 Å². The Morgan fingerprint density at radius 3 is 2.33 bits per heavy atom. The van der Waals surface area contributed by atoms with Gasteiger partial charge in [-0.1, -0.05) is 24.3 Å². The lowest BCUT2D eigenvalue weighted by atomic mass is 10.2. The topological polar surface area (TPSA) is 28.2 Å². The predicted octanol–water partition coefficient (Wildman–Crippen LogP) is 4.78. The first-order valence-corrected chi connectivity index (χ1v) is 10.6. The zero-order valence-corrected chi connectivity index (χ0v) is 18.2. The highest BCUT2D eigenvalue weighted by Crippen LogP contribution is 2.44. The van der Waals surface area contributed by atoms with Gasteiger partial charge in [-0.3, -0.25) is 0 Å². The molecule has 0 fully saturated rings. The van der Waals surface area contributed by atoms with Crippen LogP contribution in [0.25, 0.3) is 22.6 Å². The van der Waals surface area contributed by atoms with Gasteiger partial charge in [0.25, 0.3) is 5.82 Å². The molecule has 2 aromatic carbocycles. The minimum absolute atomic E-state index is 0.226. The van der Waals surface area contributed by atoms with E-state index in [0.717, 1.165) is 28.4 Å². The number of anilines is 3. The lowest BCUT2D eigenvalue weighted by Gasteiger charge is -2.28. The molecule has 5 nitrogen and oxygen atoms in total. The number of pyridine rings is 1. The van der Waals surface area contributed by atoms with Crippen molar-refractivity contribution in [2.24, 2.45) is 14.1 Å². The molecule has 30 heavy (non-hydrogen) atoms. The molecule has 0 N–H and O–H groups in total. The van der Waals surface area contributed by atoms with Crippen LogP contribution in [0.2, 0.25) is 0 Å². The number of hydrogen-bond donors (Lipinski definition) is 0. The van der Waals surface area contributed by atoms with Gasteiger partial charge in [0, 0.05) is 19.2 Å². The number of hydrogen-bond acceptors (Lipinski definition) is 3. The molecule has 1 atom stereocenters. The van der Waals surface area contributed by atoms with E-state index in [9.17, 15) is 0 Å². The van der Waals surface area contributed by atoms with Crippen LogP contribution in [0.15, 0.2) is 66.7 Å². The maximum Gasteiger partial charge on any atom is 0.283 e. The highest BCUT2D eigenvalue weighted by atomic mass is 15.4. The molecule has 0 radical (unpaired) electrons. The highest BCUT2D eigenvalue weighted by Gasteiger charge is 2.42. The molecule has 2 aromatic heterocycles. The molecule has 1 aliphatic rings. The maximum absolute atomic E-state index is 4.93. The summed E-state index contributed by atoms with van der Waals surface area (Å²) in [6.07, 6.45) is 0.226. The number of aromatic nitrogens is 3. The third-order valence-corrected chi connectivity index (χ3v) is 6.22. The van der Waals surface area contributed by atoms with E-state index < -0.39 is 0 Å². The van der Waals surface area contributed by atoms with Crippen LogP contribution in [-0.2, 0) is 14.1 Å². The van der Waals surface area contributed by atoms with Gasteiger partial charge in [-0.05, 0) is 57.2 Å². The van der Waals surface area contributed by atoms with Crippen LogP contribution in [0, 0.1) is 0 Å². The summed E-state index contributed by atoms with van der Waals surface area (Å²) in [5.74, 6) is 2.13. The fraction of sp³-hybridized carbons (Fsp3) is 0.280. The van der Waals surface area contributed by atoms with E-state index in [1.807, 2.05) is 6.07 Å². The van der Waals surface area contributed by atoms with Gasteiger partial charge in [-0.2, -0.15) is 0 Å². The quantitative estimate of drug-likeness (QED) is 0.465. The van der Waals surface area contributed by atoms with Gasteiger partial charge in [0.05, 0.1) is 23.8 Å². The van der Waals surface area contributed by atoms with Crippen molar-refractivity contribution in [1.82, 2.24) is 9.55 Å². The van der Waals surface area contributed by atoms with Crippen molar-refractivity contribution >= 4 is 28.2 Å². The number of fused-ring (bicyclic) bond motifs is 2. The monoisotopic (exact) mass is 398 g/mol. The van der Waals surface area contributed by atoms with Gasteiger partial charge in [0.15, 0.2) is 23.4 Å². The summed E-state index contributed by atoms with van der Waals surface area (Å²) in [6, 6.07) is 23.9. The van der Waals surface area contributed by atoms with Crippen molar-refractivity contribution in [3.05, 3.63) is 66.7 Å². The van der Waals surface area contributed by atoms with Crippen molar-refractivity contribution in [2.75, 3.05) is 9.80 Å². The van der Waals surface area contributed by atoms with Crippen molar-refractivity contribution in [2.45, 2.75) is 33.0 Å². The maximum atomic E-state index is 4.93. The van der Waals surface area contributed by atoms with Gasteiger partial charge < -0.3 is 9.47 Å². The zero-order chi connectivity index (χ0) is 21.0. The van der Waals surface area contributed by atoms with E-state index in [1.165, 1.54) is 11.4 Å². The van der Waals surface area contributed by atoms with Gasteiger partial charge in [0.2, 0.25) is 0 Å². The average molecular weight is 399 g/mol. The fourth-order valence-electron chi connectivity index (χ4n) is 4.85. The second-order valence-electron chi connectivity index (χ2n) is 8.30. The van der Waals surface area contributed by atoms with Crippen LogP contribution in [0.4, 0.5) is 17.2 Å². The predicted molar refractivity (Wildman–Crippen MR) is 123 cm³/mol. The summed E-state index contributed by atoms with van der Waals surface area (Å²) in [4.78, 5) is 9.85. The molecule has 0 amide bonds. The Morgan fingerprint density at radius 1 is 0.900 bits per heavy atom. The Kier molecular flexibility index (Phi) is 4.28. The van der Waals surface area contributed by atoms with Crippen LogP contribution < -0.4 is 14.4 Å². The smallest absolute Gasteiger partial charge is 0.283 e. The lowest BCUT2D eigenvalue weighted by molar-refractivity contribution is -0.647. The average Bonchev–Trinajstić information content (AvgIpc) is 3.22. The largest absolute Gasteiger partial charge is 0.327 e. The molecule has 0 saturated carbocycles. The van der Waals surface area contributed by atoms with Crippen LogP contribution in [0.3, 0.4) is 0 Å². The number of nitrogens with zero attached hydrogens (tertiary/aromatic N) is 5. The van der Waals surface area contributed by atoms with Crippen LogP contribution >= 0.6 is 0 Å². The van der Waals surface area contributed by atoms with Gasteiger partial charge in [-0.15, -0.1) is 0 Å². The molecule has 0 aliphatic carbocycles. The van der Waals surface area contributed by atoms with Gasteiger partial charge >= 0.3 is 0 Å². The molecular formula is C25H28N5+. The first kappa shape index (κ1) is 18.7. The Hall–Kier alpha value is -3.34. The minimum Gasteiger partial charge on any atom is -0.327 e. The second kappa shape index (κ2) is 6.87. The number of benzene rings is 2. The summed E-state index contributed by atoms with van der Waals surface area (Å²) >= 11 is 0. The molecule has 3 heterocycles. The van der Waals surface area contributed by atoms with Crippen LogP contribution in [0.1, 0.15) is 20.8 Å². The van der Waals surface area contributed by atoms with E-state index >= 15 is 0 Å². The third-order valence-electron chi connectivity index (χ3n) is 6.22. The SMILES string of the molecule is CC(C)N1c2ccccc2N(c2cccc(-c3nc4ccccc4n3C)[n+]2C)[C@@H]1C. The number of aryl methyl sites for hydroxylation is 1. The number of rotatable bonds is 3. The summed E-state index contributed by atoms with van der Waals surface area (Å²) in [7, 11) is 4.23. The van der Waals surface area contributed by atoms with Crippen molar-refractivity contribution in [1.29, 1.82) is 0 Å². The molecule has 1 aliphatic heterocycles. The lowest BCUT2D eigenvalue weighted by Crippen LogP contribution is -2.47. The standard InChI is InChI=1S/C25H28N5/c1-17(2)29-18(3)30(22-14-9-8-13-21(22)29)24-16-10-15-23(27(24)4)25-26-19-11-6-7-12-20(19)28(25)5/h6-18H,1-5H3/q+1/t18-/m1/s1. The van der Waals surface area contributed by atoms with Gasteiger partial charge in [0.1, 0.15) is 0 Å². The number of imidazole rings is 1. The first-order chi connectivity index (χ1) is 14.5. The summed E-state index contributed by atoms with van der Waals surface area (Å²) < 4.78 is 4.44. The first-order valence-electron chi connectivity index (χ1n) is 10.6. The molecule has 5 heteroatoms. The molecule has 0 unspecified atom stereocenters. The Bertz CT molecular complexity index is 1240. The minimum atomic E-state index is 0.226. The molecule has 4 aromatic rings. The molecule has 0 saturated heterocycles. The summed E-state index contributed by atoms with van der Waals surface area (Å²) in [6.45, 7) is 6.79. The van der Waals surface area contributed by atoms with E-state index in [4.69, 9.17) is 4.98 Å². The van der Waals surface area contributed by atoms with Crippen molar-refractivity contribution in [3.63, 3.8) is 0 Å². The Morgan fingerprint density at radius 2 is 1.60 bits per heavy atom. The third kappa shape index (κ3) is 2.61. The van der Waals surface area contributed by atoms with Gasteiger partial charge in [-0.25, -0.2) is 14.5 Å².